The van der Waals surface area contributed by atoms with E-state index in [1.54, 1.807) is 21.3 Å². The second kappa shape index (κ2) is 7.91. The highest BCUT2D eigenvalue weighted by atomic mass is 16.5. The van der Waals surface area contributed by atoms with Crippen molar-refractivity contribution in [2.75, 3.05) is 26.2 Å². The summed E-state index contributed by atoms with van der Waals surface area (Å²) in [5, 5.41) is 21.1. The Kier molecular flexibility index (Phi) is 5.45. The summed E-state index contributed by atoms with van der Waals surface area (Å²) in [5.41, 5.74) is -0.523. The van der Waals surface area contributed by atoms with Gasteiger partial charge in [-0.15, -0.1) is 0 Å². The van der Waals surface area contributed by atoms with Crippen molar-refractivity contribution in [1.29, 1.82) is 10.5 Å². The van der Waals surface area contributed by atoms with Gasteiger partial charge < -0.3 is 19.1 Å². The zero-order valence-electron chi connectivity index (χ0n) is 18.2. The Morgan fingerprint density at radius 2 is 1.33 bits per heavy atom. The zero-order valence-corrected chi connectivity index (χ0v) is 18.2. The minimum atomic E-state index is -0.674. The highest BCUT2D eigenvalue weighted by molar-refractivity contribution is 5.68. The monoisotopic (exact) mass is 409 g/mol. The fourth-order valence-corrected chi connectivity index (χ4v) is 6.42. The van der Waals surface area contributed by atoms with Crippen LogP contribution in [-0.2, 0) is 0 Å². The predicted octanol–water partition coefficient (Wildman–Crippen LogP) is 4.83. The first-order valence-electron chi connectivity index (χ1n) is 11.0. The molecule has 0 unspecified atom stereocenters. The molecule has 1 saturated heterocycles. The molecule has 0 N–H and O–H groups in total. The van der Waals surface area contributed by atoms with Gasteiger partial charge in [-0.05, 0) is 43.9 Å². The van der Waals surface area contributed by atoms with Crippen LogP contribution in [0.15, 0.2) is 12.1 Å². The first-order chi connectivity index (χ1) is 14.6. The van der Waals surface area contributed by atoms with E-state index in [2.05, 4.69) is 17.0 Å². The summed E-state index contributed by atoms with van der Waals surface area (Å²) in [6.45, 7) is 0. The van der Waals surface area contributed by atoms with Gasteiger partial charge in [-0.2, -0.15) is 10.5 Å². The molecular weight excluding hydrogens is 378 g/mol. The van der Waals surface area contributed by atoms with Gasteiger partial charge in [0.25, 0.3) is 0 Å². The first kappa shape index (κ1) is 20.7. The van der Waals surface area contributed by atoms with E-state index in [-0.39, 0.29) is 11.8 Å². The zero-order chi connectivity index (χ0) is 21.4. The number of nitrogens with zero attached hydrogens (tertiary/aromatic N) is 3. The average molecular weight is 410 g/mol. The Labute approximate surface area is 179 Å². The Morgan fingerprint density at radius 1 is 0.833 bits per heavy atom. The summed E-state index contributed by atoms with van der Waals surface area (Å²) >= 11 is 0. The van der Waals surface area contributed by atoms with Crippen molar-refractivity contribution in [3.05, 3.63) is 12.1 Å². The lowest BCUT2D eigenvalue weighted by Crippen LogP contribution is -2.71. The van der Waals surface area contributed by atoms with E-state index in [9.17, 15) is 10.5 Å². The fourth-order valence-electron chi connectivity index (χ4n) is 6.42. The highest BCUT2D eigenvalue weighted by Crippen LogP contribution is 2.58. The van der Waals surface area contributed by atoms with Gasteiger partial charge in [0.15, 0.2) is 11.5 Å². The van der Waals surface area contributed by atoms with Gasteiger partial charge in [-0.3, -0.25) is 0 Å². The average Bonchev–Trinajstić information content (AvgIpc) is 2.81. The van der Waals surface area contributed by atoms with E-state index >= 15 is 0 Å². The minimum Gasteiger partial charge on any atom is -0.493 e. The molecule has 0 bridgehead atoms. The molecule has 1 heterocycles. The van der Waals surface area contributed by atoms with Crippen molar-refractivity contribution < 1.29 is 14.2 Å². The van der Waals surface area contributed by atoms with Crippen LogP contribution in [-0.4, -0.2) is 32.4 Å². The van der Waals surface area contributed by atoms with E-state index in [1.165, 1.54) is 0 Å². The summed E-state index contributed by atoms with van der Waals surface area (Å²) in [6, 6.07) is 9.29. The van der Waals surface area contributed by atoms with Crippen LogP contribution < -0.4 is 19.1 Å². The quantitative estimate of drug-likeness (QED) is 0.709. The van der Waals surface area contributed by atoms with Crippen LogP contribution in [0, 0.1) is 34.5 Å². The van der Waals surface area contributed by atoms with Crippen molar-refractivity contribution in [3.63, 3.8) is 0 Å². The number of ether oxygens (including phenoxy) is 3. The van der Waals surface area contributed by atoms with Crippen LogP contribution in [0.2, 0.25) is 0 Å². The fraction of sp³-hybridized carbons (Fsp3) is 0.667. The van der Waals surface area contributed by atoms with Gasteiger partial charge >= 0.3 is 0 Å². The third-order valence-electron chi connectivity index (χ3n) is 7.73. The lowest BCUT2D eigenvalue weighted by molar-refractivity contribution is 0.0614. The highest BCUT2D eigenvalue weighted by Gasteiger charge is 2.62. The minimum absolute atomic E-state index is 0.278. The molecule has 0 aromatic heterocycles. The maximum Gasteiger partial charge on any atom is 0.203 e. The molecule has 2 aliphatic carbocycles. The topological polar surface area (TPSA) is 78.5 Å². The van der Waals surface area contributed by atoms with Gasteiger partial charge in [-0.1, -0.05) is 25.7 Å². The van der Waals surface area contributed by atoms with E-state index in [0.717, 1.165) is 63.5 Å². The molecule has 4 atom stereocenters. The number of methoxy groups -OCH3 is 3. The Hall–Kier alpha value is -2.60. The summed E-state index contributed by atoms with van der Waals surface area (Å²) in [7, 11) is 4.79. The Balaban J connectivity index is 1.97. The SMILES string of the molecule is COc1cc(N2[C@@]3(C#N)CCCC[C@@H]3C[C@H]3CCCC[C@]32C#N)cc(OC)c1OC. The molecule has 3 aliphatic rings. The first-order valence-corrected chi connectivity index (χ1v) is 11.0. The summed E-state index contributed by atoms with van der Waals surface area (Å²) in [5.74, 6) is 2.19. The molecule has 0 radical (unpaired) electrons. The molecule has 6 nitrogen and oxygen atoms in total. The van der Waals surface area contributed by atoms with Crippen molar-refractivity contribution in [2.45, 2.75) is 68.9 Å². The maximum atomic E-state index is 10.6. The van der Waals surface area contributed by atoms with Gasteiger partial charge in [-0.25, -0.2) is 0 Å². The smallest absolute Gasteiger partial charge is 0.203 e. The van der Waals surface area contributed by atoms with Gasteiger partial charge in [0.1, 0.15) is 11.1 Å². The van der Waals surface area contributed by atoms with E-state index in [1.807, 2.05) is 12.1 Å². The van der Waals surface area contributed by atoms with Crippen molar-refractivity contribution in [1.82, 2.24) is 0 Å². The maximum absolute atomic E-state index is 10.6. The van der Waals surface area contributed by atoms with Crippen LogP contribution in [0.5, 0.6) is 17.2 Å². The molecule has 0 amide bonds. The standard InChI is InChI=1S/C24H31N3O3/c1-28-20-13-19(14-21(29-2)22(20)30-3)27-23(15-25)10-6-4-8-17(23)12-18-9-5-7-11-24(18,27)16-26/h13-14,17-18H,4-12H2,1-3H3/t17-,18-,23-,24+/m1/s1. The van der Waals surface area contributed by atoms with Crippen LogP contribution in [0.1, 0.15) is 57.8 Å². The van der Waals surface area contributed by atoms with E-state index in [4.69, 9.17) is 14.2 Å². The van der Waals surface area contributed by atoms with Crippen molar-refractivity contribution in [2.24, 2.45) is 11.8 Å². The molecule has 6 heteroatoms. The Bertz CT molecular complexity index is 824. The third-order valence-corrected chi connectivity index (χ3v) is 7.73. The number of rotatable bonds is 4. The molecule has 1 aliphatic heterocycles. The second-order valence-electron chi connectivity index (χ2n) is 8.91. The van der Waals surface area contributed by atoms with E-state index < -0.39 is 11.1 Å². The third kappa shape index (κ3) is 2.81. The molecule has 4 rings (SSSR count). The number of piperidine rings is 1. The number of hydrogen-bond donors (Lipinski definition) is 0. The number of anilines is 1. The van der Waals surface area contributed by atoms with Gasteiger partial charge in [0.05, 0.1) is 33.5 Å². The summed E-state index contributed by atoms with van der Waals surface area (Å²) in [6.07, 6.45) is 8.99. The number of hydrogen-bond acceptors (Lipinski definition) is 6. The van der Waals surface area contributed by atoms with Crippen LogP contribution in [0.3, 0.4) is 0 Å². The van der Waals surface area contributed by atoms with Crippen LogP contribution >= 0.6 is 0 Å². The molecule has 3 fully saturated rings. The Morgan fingerprint density at radius 3 is 1.73 bits per heavy atom. The molecule has 30 heavy (non-hydrogen) atoms. The normalized spacial score (nSPS) is 32.8. The molecule has 0 spiro atoms. The number of fused-ring (bicyclic) bond motifs is 2. The van der Waals surface area contributed by atoms with Crippen molar-refractivity contribution >= 4 is 5.69 Å². The predicted molar refractivity (Wildman–Crippen MR) is 114 cm³/mol. The van der Waals surface area contributed by atoms with Gasteiger partial charge in [0, 0.05) is 17.8 Å². The van der Waals surface area contributed by atoms with Gasteiger partial charge in [0.2, 0.25) is 5.75 Å². The van der Waals surface area contributed by atoms with Crippen molar-refractivity contribution in [3.8, 4) is 29.4 Å². The van der Waals surface area contributed by atoms with Crippen LogP contribution in [0.25, 0.3) is 0 Å². The number of benzene rings is 1. The lowest BCUT2D eigenvalue weighted by Gasteiger charge is -2.62. The molecular formula is C24H31N3O3. The molecule has 160 valence electrons. The largest absolute Gasteiger partial charge is 0.493 e. The molecule has 1 aromatic rings. The second-order valence-corrected chi connectivity index (χ2v) is 8.91. The lowest BCUT2D eigenvalue weighted by atomic mass is 9.57. The molecule has 1 aromatic carbocycles. The molecule has 2 saturated carbocycles. The summed E-state index contributed by atoms with van der Waals surface area (Å²) in [4.78, 5) is 2.20. The van der Waals surface area contributed by atoms with E-state index in [0.29, 0.717) is 17.2 Å². The van der Waals surface area contributed by atoms with Crippen LogP contribution in [0.4, 0.5) is 5.69 Å². The number of nitriles is 2. The summed E-state index contributed by atoms with van der Waals surface area (Å²) < 4.78 is 16.8.